The highest BCUT2D eigenvalue weighted by Gasteiger charge is 2.34. The Hall–Kier alpha value is -1.14. The highest BCUT2D eigenvalue weighted by atomic mass is 35.5. The van der Waals surface area contributed by atoms with Crippen LogP contribution in [0.25, 0.3) is 0 Å². The smallest absolute Gasteiger partial charge is 0.251 e. The van der Waals surface area contributed by atoms with Crippen LogP contribution in [0.3, 0.4) is 0 Å². The fourth-order valence-electron chi connectivity index (χ4n) is 3.92. The van der Waals surface area contributed by atoms with Crippen LogP contribution in [0.4, 0.5) is 0 Å². The van der Waals surface area contributed by atoms with E-state index in [1.165, 1.54) is 19.3 Å². The van der Waals surface area contributed by atoms with Crippen LogP contribution in [0.2, 0.25) is 0 Å². The third kappa shape index (κ3) is 5.42. The summed E-state index contributed by atoms with van der Waals surface area (Å²) in [6, 6.07) is 8.91. The summed E-state index contributed by atoms with van der Waals surface area (Å²) in [5.74, 6) is 0.638. The molecule has 0 spiro atoms. The van der Waals surface area contributed by atoms with Gasteiger partial charge in [0.15, 0.2) is 0 Å². The first kappa shape index (κ1) is 20.2. The van der Waals surface area contributed by atoms with E-state index in [-0.39, 0.29) is 18.3 Å². The number of benzene rings is 1. The molecule has 2 fully saturated rings. The molecule has 1 aromatic rings. The Morgan fingerprint density at radius 3 is 3.00 bits per heavy atom. The topological polar surface area (TPSA) is 62.4 Å². The van der Waals surface area contributed by atoms with Crippen LogP contribution < -0.4 is 16.0 Å². The molecule has 1 aromatic carbocycles. The second-order valence-corrected chi connectivity index (χ2v) is 6.78. The molecular weight excluding hydrogens is 338 g/mol. The van der Waals surface area contributed by atoms with E-state index in [2.05, 4.69) is 22.0 Å². The minimum Gasteiger partial charge on any atom is -0.379 e. The maximum absolute atomic E-state index is 12.0. The van der Waals surface area contributed by atoms with Crippen LogP contribution in [0.1, 0.15) is 42.1 Å². The quantitative estimate of drug-likeness (QED) is 0.720. The summed E-state index contributed by atoms with van der Waals surface area (Å²) < 4.78 is 5.64. The summed E-state index contributed by atoms with van der Waals surface area (Å²) in [5, 5.41) is 10.2. The first-order chi connectivity index (χ1) is 11.8. The molecule has 1 saturated heterocycles. The largest absolute Gasteiger partial charge is 0.379 e. The number of halogens is 1. The van der Waals surface area contributed by atoms with Gasteiger partial charge in [-0.15, -0.1) is 12.4 Å². The van der Waals surface area contributed by atoms with E-state index in [0.717, 1.165) is 37.4 Å². The molecule has 5 nitrogen and oxygen atoms in total. The van der Waals surface area contributed by atoms with Gasteiger partial charge in [-0.1, -0.05) is 18.6 Å². The molecule has 3 unspecified atom stereocenters. The van der Waals surface area contributed by atoms with Crippen molar-refractivity contribution in [3.63, 3.8) is 0 Å². The Balaban J connectivity index is 0.00000225. The molecule has 25 heavy (non-hydrogen) atoms. The first-order valence-corrected chi connectivity index (χ1v) is 9.19. The summed E-state index contributed by atoms with van der Waals surface area (Å²) in [6.07, 6.45) is 3.76. The third-order valence-corrected chi connectivity index (χ3v) is 5.13. The normalized spacial score (nSPS) is 26.0. The number of ether oxygens (including phenoxy) is 1. The highest BCUT2D eigenvalue weighted by Crippen LogP contribution is 2.29. The molecule has 0 radical (unpaired) electrons. The molecule has 3 N–H and O–H groups in total. The highest BCUT2D eigenvalue weighted by molar-refractivity contribution is 5.94. The molecule has 1 saturated carbocycles. The lowest BCUT2D eigenvalue weighted by Gasteiger charge is -2.33. The number of amides is 1. The molecule has 0 aromatic heterocycles. The van der Waals surface area contributed by atoms with E-state index in [0.29, 0.717) is 24.5 Å². The Morgan fingerprint density at radius 1 is 1.36 bits per heavy atom. The predicted octanol–water partition coefficient (Wildman–Crippen LogP) is 2.10. The van der Waals surface area contributed by atoms with Crippen molar-refractivity contribution in [3.05, 3.63) is 35.4 Å². The molecule has 3 atom stereocenters. The molecule has 1 heterocycles. The number of hydrogen-bond donors (Lipinski definition) is 3. The fourth-order valence-corrected chi connectivity index (χ4v) is 3.92. The van der Waals surface area contributed by atoms with E-state index in [1.807, 2.05) is 25.1 Å². The number of carbonyl (C=O) groups is 1. The summed E-state index contributed by atoms with van der Waals surface area (Å²) in [7, 11) is 0. The molecule has 1 amide bonds. The van der Waals surface area contributed by atoms with E-state index in [1.54, 1.807) is 0 Å². The van der Waals surface area contributed by atoms with Gasteiger partial charge < -0.3 is 20.7 Å². The van der Waals surface area contributed by atoms with Crippen LogP contribution in [0.5, 0.6) is 0 Å². The average molecular weight is 368 g/mol. The first-order valence-electron chi connectivity index (χ1n) is 9.19. The molecule has 140 valence electrons. The Bertz CT molecular complexity index is 549. The zero-order valence-corrected chi connectivity index (χ0v) is 15.7. The van der Waals surface area contributed by atoms with Gasteiger partial charge in [0.2, 0.25) is 0 Å². The number of hydrogen-bond acceptors (Lipinski definition) is 4. The molecule has 1 aliphatic heterocycles. The minimum atomic E-state index is 0. The van der Waals surface area contributed by atoms with Crippen molar-refractivity contribution in [1.82, 2.24) is 16.0 Å². The number of morpholine rings is 1. The van der Waals surface area contributed by atoms with Gasteiger partial charge >= 0.3 is 0 Å². The van der Waals surface area contributed by atoms with Crippen LogP contribution >= 0.6 is 12.4 Å². The van der Waals surface area contributed by atoms with Gasteiger partial charge in [0.05, 0.1) is 13.2 Å². The van der Waals surface area contributed by atoms with Crippen LogP contribution in [0.15, 0.2) is 24.3 Å². The molecular formula is C19H30ClN3O2. The third-order valence-electron chi connectivity index (χ3n) is 5.13. The molecule has 6 heteroatoms. The number of carbonyl (C=O) groups excluding carboxylic acids is 1. The van der Waals surface area contributed by atoms with Crippen LogP contribution in [-0.4, -0.2) is 44.3 Å². The van der Waals surface area contributed by atoms with Gasteiger partial charge in [-0.2, -0.15) is 0 Å². The number of rotatable bonds is 6. The average Bonchev–Trinajstić information content (AvgIpc) is 3.10. The molecule has 3 rings (SSSR count). The van der Waals surface area contributed by atoms with Gasteiger partial charge in [0.1, 0.15) is 0 Å². The monoisotopic (exact) mass is 367 g/mol. The van der Waals surface area contributed by atoms with Crippen molar-refractivity contribution < 1.29 is 9.53 Å². The zero-order chi connectivity index (χ0) is 16.8. The van der Waals surface area contributed by atoms with Crippen molar-refractivity contribution in [2.24, 2.45) is 5.92 Å². The van der Waals surface area contributed by atoms with Crippen molar-refractivity contribution in [3.8, 4) is 0 Å². The van der Waals surface area contributed by atoms with E-state index >= 15 is 0 Å². The van der Waals surface area contributed by atoms with Crippen molar-refractivity contribution in [2.75, 3.05) is 26.3 Å². The lowest BCUT2D eigenvalue weighted by Crippen LogP contribution is -2.50. The van der Waals surface area contributed by atoms with Crippen molar-refractivity contribution in [2.45, 2.75) is 44.8 Å². The van der Waals surface area contributed by atoms with Crippen LogP contribution in [0, 0.1) is 5.92 Å². The van der Waals surface area contributed by atoms with Gasteiger partial charge in [-0.05, 0) is 43.4 Å². The van der Waals surface area contributed by atoms with E-state index < -0.39 is 0 Å². The van der Waals surface area contributed by atoms with E-state index in [4.69, 9.17) is 4.74 Å². The zero-order valence-electron chi connectivity index (χ0n) is 14.9. The maximum atomic E-state index is 12.0. The second-order valence-electron chi connectivity index (χ2n) is 6.78. The van der Waals surface area contributed by atoms with Crippen molar-refractivity contribution in [1.29, 1.82) is 0 Å². The summed E-state index contributed by atoms with van der Waals surface area (Å²) in [5.41, 5.74) is 1.90. The Labute approximate surface area is 156 Å². The van der Waals surface area contributed by atoms with Crippen molar-refractivity contribution >= 4 is 18.3 Å². The SMILES string of the molecule is CCNC(=O)c1cccc(CNC2CCCC2C2COCCN2)c1.Cl. The summed E-state index contributed by atoms with van der Waals surface area (Å²) >= 11 is 0. The summed E-state index contributed by atoms with van der Waals surface area (Å²) in [6.45, 7) is 6.02. The van der Waals surface area contributed by atoms with Gasteiger partial charge in [-0.25, -0.2) is 0 Å². The van der Waals surface area contributed by atoms with E-state index in [9.17, 15) is 4.79 Å². The van der Waals surface area contributed by atoms with Gasteiger partial charge in [0, 0.05) is 37.3 Å². The lowest BCUT2D eigenvalue weighted by atomic mass is 9.94. The standard InChI is InChI=1S/C19H29N3O2.ClH/c1-2-20-19(23)15-6-3-5-14(11-15)12-22-17-8-4-7-16(17)18-13-24-10-9-21-18;/h3,5-6,11,16-18,21-22H,2,4,7-10,12-13H2,1H3,(H,20,23);1H. The minimum absolute atomic E-state index is 0. The summed E-state index contributed by atoms with van der Waals surface area (Å²) in [4.78, 5) is 12.0. The van der Waals surface area contributed by atoms with Gasteiger partial charge in [-0.3, -0.25) is 4.79 Å². The Kier molecular flexibility index (Phi) is 8.16. The van der Waals surface area contributed by atoms with Gasteiger partial charge in [0.25, 0.3) is 5.91 Å². The van der Waals surface area contributed by atoms with Crippen LogP contribution in [-0.2, 0) is 11.3 Å². The lowest BCUT2D eigenvalue weighted by molar-refractivity contribution is 0.0524. The maximum Gasteiger partial charge on any atom is 0.251 e. The predicted molar refractivity (Wildman–Crippen MR) is 102 cm³/mol. The Morgan fingerprint density at radius 2 is 2.24 bits per heavy atom. The molecule has 0 bridgehead atoms. The molecule has 1 aliphatic carbocycles. The molecule has 2 aliphatic rings. The fraction of sp³-hybridized carbons (Fsp3) is 0.632. The number of nitrogens with one attached hydrogen (secondary N) is 3. The second kappa shape index (κ2) is 10.1.